The van der Waals surface area contributed by atoms with Gasteiger partial charge in [0, 0.05) is 11.8 Å². The fourth-order valence-electron chi connectivity index (χ4n) is 1.86. The first kappa shape index (κ1) is 13.6. The molecule has 1 N–H and O–H groups in total. The van der Waals surface area contributed by atoms with Gasteiger partial charge in [0.15, 0.2) is 5.75 Å². The van der Waals surface area contributed by atoms with Gasteiger partial charge in [0.25, 0.3) is 0 Å². The fourth-order valence-corrected chi connectivity index (χ4v) is 1.86. The van der Waals surface area contributed by atoms with Crippen LogP contribution in [0.3, 0.4) is 0 Å². The highest BCUT2D eigenvalue weighted by atomic mass is 16.5. The van der Waals surface area contributed by atoms with E-state index < -0.39 is 0 Å². The van der Waals surface area contributed by atoms with Crippen molar-refractivity contribution in [2.75, 3.05) is 0 Å². The molecule has 3 heteroatoms. The molecule has 2 aromatic rings. The summed E-state index contributed by atoms with van der Waals surface area (Å²) in [6.45, 7) is 4.34. The molecule has 2 rings (SSSR count). The molecule has 0 aliphatic carbocycles. The van der Waals surface area contributed by atoms with Crippen LogP contribution in [0.15, 0.2) is 42.7 Å². The van der Waals surface area contributed by atoms with Gasteiger partial charge in [0.2, 0.25) is 0 Å². The molecule has 0 saturated heterocycles. The number of hydrogen-bond donors (Lipinski definition) is 1. The van der Waals surface area contributed by atoms with E-state index in [1.807, 2.05) is 12.1 Å². The molecule has 0 radical (unpaired) electrons. The lowest BCUT2D eigenvalue weighted by atomic mass is 9.99. The monoisotopic (exact) mass is 257 g/mol. The first-order valence-electron chi connectivity index (χ1n) is 6.56. The summed E-state index contributed by atoms with van der Waals surface area (Å²) in [6.07, 6.45) is 4.38. The van der Waals surface area contributed by atoms with Crippen molar-refractivity contribution in [1.29, 1.82) is 0 Å². The van der Waals surface area contributed by atoms with E-state index in [-0.39, 0.29) is 6.61 Å². The number of aromatic nitrogens is 1. The highest BCUT2D eigenvalue weighted by Gasteiger charge is 2.06. The summed E-state index contributed by atoms with van der Waals surface area (Å²) in [4.78, 5) is 4.01. The molecule has 100 valence electrons. The van der Waals surface area contributed by atoms with Crippen molar-refractivity contribution in [2.45, 2.75) is 32.8 Å². The Morgan fingerprint density at radius 1 is 1.21 bits per heavy atom. The normalized spacial score (nSPS) is 12.2. The van der Waals surface area contributed by atoms with Crippen molar-refractivity contribution in [3.8, 4) is 11.5 Å². The van der Waals surface area contributed by atoms with E-state index in [9.17, 15) is 5.11 Å². The second kappa shape index (κ2) is 6.34. The molecule has 1 heterocycles. The van der Waals surface area contributed by atoms with Crippen LogP contribution in [0.2, 0.25) is 0 Å². The van der Waals surface area contributed by atoms with Crippen LogP contribution in [0.1, 0.15) is 37.3 Å². The minimum atomic E-state index is -0.0528. The maximum atomic E-state index is 9.24. The molecular weight excluding hydrogens is 238 g/mol. The van der Waals surface area contributed by atoms with Gasteiger partial charge in [0.1, 0.15) is 5.75 Å². The van der Waals surface area contributed by atoms with Crippen LogP contribution in [-0.4, -0.2) is 10.1 Å². The number of aliphatic hydroxyl groups is 1. The quantitative estimate of drug-likeness (QED) is 0.883. The summed E-state index contributed by atoms with van der Waals surface area (Å²) in [7, 11) is 0. The number of nitrogens with zero attached hydrogens (tertiary/aromatic N) is 1. The number of benzene rings is 1. The van der Waals surface area contributed by atoms with Crippen molar-refractivity contribution in [3.05, 3.63) is 53.9 Å². The molecule has 0 saturated carbocycles. The molecule has 0 aliphatic rings. The number of ether oxygens (including phenoxy) is 1. The molecule has 0 amide bonds. The van der Waals surface area contributed by atoms with Gasteiger partial charge < -0.3 is 9.84 Å². The van der Waals surface area contributed by atoms with E-state index in [4.69, 9.17) is 4.74 Å². The molecule has 1 aromatic carbocycles. The van der Waals surface area contributed by atoms with E-state index in [1.165, 1.54) is 5.56 Å². The Labute approximate surface area is 113 Å². The summed E-state index contributed by atoms with van der Waals surface area (Å²) >= 11 is 0. The molecule has 0 aliphatic heterocycles. The van der Waals surface area contributed by atoms with Gasteiger partial charge in [-0.25, -0.2) is 0 Å². The van der Waals surface area contributed by atoms with Crippen LogP contribution >= 0.6 is 0 Å². The third-order valence-corrected chi connectivity index (χ3v) is 3.33. The highest BCUT2D eigenvalue weighted by Crippen LogP contribution is 2.26. The van der Waals surface area contributed by atoms with Gasteiger partial charge in [0.05, 0.1) is 12.8 Å². The van der Waals surface area contributed by atoms with Gasteiger partial charge in [-0.1, -0.05) is 26.0 Å². The molecular formula is C16H19NO2. The van der Waals surface area contributed by atoms with Gasteiger partial charge in [-0.05, 0) is 36.1 Å². The van der Waals surface area contributed by atoms with Crippen molar-refractivity contribution in [2.24, 2.45) is 0 Å². The fraction of sp³-hybridized carbons (Fsp3) is 0.312. The van der Waals surface area contributed by atoms with Crippen LogP contribution in [0.5, 0.6) is 11.5 Å². The van der Waals surface area contributed by atoms with Crippen LogP contribution in [0, 0.1) is 0 Å². The summed E-state index contributed by atoms with van der Waals surface area (Å²) in [5, 5.41) is 9.24. The third-order valence-electron chi connectivity index (χ3n) is 3.33. The van der Waals surface area contributed by atoms with Crippen LogP contribution < -0.4 is 4.74 Å². The van der Waals surface area contributed by atoms with E-state index in [1.54, 1.807) is 18.5 Å². The Bertz CT molecular complexity index is 523. The second-order valence-corrected chi connectivity index (χ2v) is 4.62. The van der Waals surface area contributed by atoms with E-state index in [2.05, 4.69) is 31.0 Å². The minimum absolute atomic E-state index is 0.0528. The summed E-state index contributed by atoms with van der Waals surface area (Å²) < 4.78 is 5.75. The van der Waals surface area contributed by atoms with E-state index in [0.29, 0.717) is 11.7 Å². The number of hydrogen-bond acceptors (Lipinski definition) is 3. The molecule has 19 heavy (non-hydrogen) atoms. The standard InChI is InChI=1S/C16H19NO2/c1-3-12(2)13-4-6-15(7-5-13)19-16-10-17-9-8-14(16)11-18/h4-10,12,18H,3,11H2,1-2H3. The zero-order chi connectivity index (χ0) is 13.7. The zero-order valence-electron chi connectivity index (χ0n) is 11.3. The Morgan fingerprint density at radius 2 is 1.95 bits per heavy atom. The molecule has 1 atom stereocenters. The molecule has 0 bridgehead atoms. The Balaban J connectivity index is 2.15. The molecule has 3 nitrogen and oxygen atoms in total. The predicted molar refractivity (Wildman–Crippen MR) is 75.4 cm³/mol. The number of rotatable bonds is 5. The zero-order valence-corrected chi connectivity index (χ0v) is 11.3. The maximum absolute atomic E-state index is 9.24. The van der Waals surface area contributed by atoms with Gasteiger partial charge in [-0.15, -0.1) is 0 Å². The summed E-state index contributed by atoms with van der Waals surface area (Å²) in [5.41, 5.74) is 2.05. The predicted octanol–water partition coefficient (Wildman–Crippen LogP) is 3.88. The lowest BCUT2D eigenvalue weighted by molar-refractivity contribution is 0.276. The molecule has 0 fully saturated rings. The second-order valence-electron chi connectivity index (χ2n) is 4.62. The van der Waals surface area contributed by atoms with Crippen molar-refractivity contribution >= 4 is 0 Å². The van der Waals surface area contributed by atoms with Gasteiger partial charge >= 0.3 is 0 Å². The van der Waals surface area contributed by atoms with E-state index in [0.717, 1.165) is 17.7 Å². The van der Waals surface area contributed by atoms with Gasteiger partial charge in [-0.3, -0.25) is 4.98 Å². The van der Waals surface area contributed by atoms with Crippen LogP contribution in [0.25, 0.3) is 0 Å². The first-order valence-corrected chi connectivity index (χ1v) is 6.56. The van der Waals surface area contributed by atoms with Crippen molar-refractivity contribution in [3.63, 3.8) is 0 Å². The largest absolute Gasteiger partial charge is 0.455 e. The third kappa shape index (κ3) is 3.32. The number of aliphatic hydroxyl groups excluding tert-OH is 1. The average molecular weight is 257 g/mol. The van der Waals surface area contributed by atoms with Crippen LogP contribution in [0.4, 0.5) is 0 Å². The SMILES string of the molecule is CCC(C)c1ccc(Oc2cnccc2CO)cc1. The topological polar surface area (TPSA) is 42.4 Å². The Morgan fingerprint density at radius 3 is 2.58 bits per heavy atom. The Hall–Kier alpha value is -1.87. The lowest BCUT2D eigenvalue weighted by Crippen LogP contribution is -1.94. The van der Waals surface area contributed by atoms with Gasteiger partial charge in [-0.2, -0.15) is 0 Å². The van der Waals surface area contributed by atoms with Crippen molar-refractivity contribution < 1.29 is 9.84 Å². The van der Waals surface area contributed by atoms with E-state index >= 15 is 0 Å². The van der Waals surface area contributed by atoms with Crippen LogP contribution in [-0.2, 0) is 6.61 Å². The molecule has 1 unspecified atom stereocenters. The first-order chi connectivity index (χ1) is 9.24. The maximum Gasteiger partial charge on any atom is 0.151 e. The van der Waals surface area contributed by atoms with Crippen molar-refractivity contribution in [1.82, 2.24) is 4.98 Å². The lowest BCUT2D eigenvalue weighted by Gasteiger charge is -2.11. The number of pyridine rings is 1. The smallest absolute Gasteiger partial charge is 0.151 e. The summed E-state index contributed by atoms with van der Waals surface area (Å²) in [5.74, 6) is 1.91. The molecule has 1 aromatic heterocycles. The Kier molecular flexibility index (Phi) is 4.53. The minimum Gasteiger partial charge on any atom is -0.455 e. The average Bonchev–Trinajstić information content (AvgIpc) is 2.48. The summed E-state index contributed by atoms with van der Waals surface area (Å²) in [6, 6.07) is 9.82. The molecule has 0 spiro atoms. The highest BCUT2D eigenvalue weighted by molar-refractivity contribution is 5.36.